The summed E-state index contributed by atoms with van der Waals surface area (Å²) in [6, 6.07) is 0. The van der Waals surface area contributed by atoms with Crippen LogP contribution in [0.3, 0.4) is 0 Å². The Kier molecular flexibility index (Phi) is 7.66. The fourth-order valence-corrected chi connectivity index (χ4v) is 0.500. The van der Waals surface area contributed by atoms with Crippen molar-refractivity contribution in [3.8, 4) is 0 Å². The van der Waals surface area contributed by atoms with Gasteiger partial charge in [-0.2, -0.15) is 0 Å². The van der Waals surface area contributed by atoms with Gasteiger partial charge in [0.15, 0.2) is 0 Å². The summed E-state index contributed by atoms with van der Waals surface area (Å²) < 4.78 is 28.8. The van der Waals surface area contributed by atoms with Gasteiger partial charge in [-0.15, -0.1) is 0 Å². The minimum atomic E-state index is -4.10. The topological polar surface area (TPSA) is 57.2 Å². The summed E-state index contributed by atoms with van der Waals surface area (Å²) in [6.45, 7) is 1.47. The van der Waals surface area contributed by atoms with Crippen molar-refractivity contribution in [1.29, 1.82) is 0 Å². The molecular weight excluding hydrogens is 155 g/mol. The van der Waals surface area contributed by atoms with Crippen LogP contribution in [-0.4, -0.2) is 13.0 Å². The van der Waals surface area contributed by atoms with E-state index in [0.29, 0.717) is 5.41 Å². The Labute approximate surface area is 91.3 Å². The summed E-state index contributed by atoms with van der Waals surface area (Å²) in [4.78, 5) is 0. The van der Waals surface area contributed by atoms with Crippen molar-refractivity contribution in [3.63, 3.8) is 0 Å². The summed E-state index contributed by atoms with van der Waals surface area (Å²) in [5.74, 6) is 0. The normalized spacial score (nSPS) is 11.2. The Morgan fingerprint density at radius 3 is 1.88 bits per heavy atom. The van der Waals surface area contributed by atoms with Crippen LogP contribution in [0.2, 0.25) is 0 Å². The molecule has 3 nitrogen and oxygen atoms in total. The molecule has 0 rings (SSSR count). The van der Waals surface area contributed by atoms with Crippen molar-refractivity contribution in [2.24, 2.45) is 0 Å². The Bertz CT molecular complexity index is 157. The SMILES string of the molecule is C/C=C/S(=O)(=O)[O-].[K+]. The molecule has 0 N–H and O–H groups in total. The molecule has 0 aliphatic heterocycles. The van der Waals surface area contributed by atoms with E-state index < -0.39 is 10.1 Å². The van der Waals surface area contributed by atoms with Crippen molar-refractivity contribution < 1.29 is 64.4 Å². The van der Waals surface area contributed by atoms with Crippen LogP contribution >= 0.6 is 0 Å². The third-order valence-corrected chi connectivity index (χ3v) is 0.908. The molecule has 0 unspecified atom stereocenters. The molecule has 5 heteroatoms. The monoisotopic (exact) mass is 160 g/mol. The molecule has 0 fully saturated rings. The summed E-state index contributed by atoms with van der Waals surface area (Å²) in [5, 5.41) is 0.604. The molecule has 0 aromatic heterocycles. The minimum absolute atomic E-state index is 0. The zero-order valence-electron chi connectivity index (χ0n) is 4.79. The first-order valence-corrected chi connectivity index (χ1v) is 3.12. The molecule has 0 bridgehead atoms. The average molecular weight is 160 g/mol. The predicted molar refractivity (Wildman–Crippen MR) is 24.5 cm³/mol. The quantitative estimate of drug-likeness (QED) is 0.305. The van der Waals surface area contributed by atoms with Gasteiger partial charge in [0.2, 0.25) is 0 Å². The number of hydrogen-bond acceptors (Lipinski definition) is 3. The van der Waals surface area contributed by atoms with Crippen LogP contribution in [-0.2, 0) is 10.1 Å². The van der Waals surface area contributed by atoms with Gasteiger partial charge >= 0.3 is 51.4 Å². The van der Waals surface area contributed by atoms with E-state index in [0.717, 1.165) is 0 Å². The van der Waals surface area contributed by atoms with Crippen LogP contribution in [0.25, 0.3) is 0 Å². The molecule has 0 aliphatic carbocycles. The van der Waals surface area contributed by atoms with Crippen LogP contribution < -0.4 is 51.4 Å². The molecule has 0 saturated heterocycles. The summed E-state index contributed by atoms with van der Waals surface area (Å²) >= 11 is 0. The number of allylic oxidation sites excluding steroid dienone is 1. The van der Waals surface area contributed by atoms with Gasteiger partial charge in [-0.1, -0.05) is 6.08 Å². The third-order valence-electron chi connectivity index (χ3n) is 0.303. The second-order valence-corrected chi connectivity index (χ2v) is 2.22. The van der Waals surface area contributed by atoms with Crippen molar-refractivity contribution in [2.45, 2.75) is 6.92 Å². The summed E-state index contributed by atoms with van der Waals surface area (Å²) in [7, 11) is -4.10. The van der Waals surface area contributed by atoms with E-state index in [1.165, 1.54) is 13.0 Å². The van der Waals surface area contributed by atoms with Crippen molar-refractivity contribution in [2.75, 3.05) is 0 Å². The largest absolute Gasteiger partial charge is 1.00 e. The van der Waals surface area contributed by atoms with Gasteiger partial charge in [-0.05, 0) is 6.92 Å². The van der Waals surface area contributed by atoms with E-state index >= 15 is 0 Å². The van der Waals surface area contributed by atoms with Gasteiger partial charge < -0.3 is 4.55 Å². The van der Waals surface area contributed by atoms with Crippen molar-refractivity contribution in [1.82, 2.24) is 0 Å². The van der Waals surface area contributed by atoms with E-state index in [4.69, 9.17) is 0 Å². The Balaban J connectivity index is 0. The zero-order chi connectivity index (χ0) is 5.91. The van der Waals surface area contributed by atoms with Gasteiger partial charge in [0, 0.05) is 5.41 Å². The molecule has 0 aliphatic rings. The molecule has 0 atom stereocenters. The second-order valence-electron chi connectivity index (χ2n) is 0.962. The van der Waals surface area contributed by atoms with Gasteiger partial charge in [0.25, 0.3) is 0 Å². The second kappa shape index (κ2) is 5.10. The number of hydrogen-bond donors (Lipinski definition) is 0. The van der Waals surface area contributed by atoms with Crippen LogP contribution in [0.4, 0.5) is 0 Å². The predicted octanol–water partition coefficient (Wildman–Crippen LogP) is -2.93. The van der Waals surface area contributed by atoms with Crippen molar-refractivity contribution in [3.05, 3.63) is 11.5 Å². The molecule has 0 aromatic rings. The Hall–Kier alpha value is 1.29. The minimum Gasteiger partial charge on any atom is -0.744 e. The van der Waals surface area contributed by atoms with Gasteiger partial charge in [0.1, 0.15) is 10.1 Å². The molecule has 0 radical (unpaired) electrons. The van der Waals surface area contributed by atoms with Crippen molar-refractivity contribution >= 4 is 10.1 Å². The molecular formula is C3H5KO3S. The number of rotatable bonds is 1. The summed E-state index contributed by atoms with van der Waals surface area (Å²) in [6.07, 6.45) is 1.18. The fourth-order valence-electron chi connectivity index (χ4n) is 0.167. The zero-order valence-corrected chi connectivity index (χ0v) is 8.73. The smallest absolute Gasteiger partial charge is 0.744 e. The first-order chi connectivity index (χ1) is 3.06. The molecule has 0 aromatic carbocycles. The molecule has 0 spiro atoms. The first kappa shape index (κ1) is 12.0. The van der Waals surface area contributed by atoms with E-state index in [2.05, 4.69) is 0 Å². The maximum absolute atomic E-state index is 9.59. The van der Waals surface area contributed by atoms with E-state index in [-0.39, 0.29) is 51.4 Å². The molecule has 0 heterocycles. The third kappa shape index (κ3) is 10.3. The summed E-state index contributed by atoms with van der Waals surface area (Å²) in [5.41, 5.74) is 0. The van der Waals surface area contributed by atoms with E-state index in [1.807, 2.05) is 0 Å². The van der Waals surface area contributed by atoms with E-state index in [1.54, 1.807) is 0 Å². The maximum Gasteiger partial charge on any atom is 1.00 e. The van der Waals surface area contributed by atoms with Crippen LogP contribution in [0.15, 0.2) is 11.5 Å². The maximum atomic E-state index is 9.59. The fraction of sp³-hybridized carbons (Fsp3) is 0.333. The molecule has 0 saturated carbocycles. The van der Waals surface area contributed by atoms with Gasteiger partial charge in [-0.25, -0.2) is 8.42 Å². The first-order valence-electron chi connectivity index (χ1n) is 1.65. The van der Waals surface area contributed by atoms with Crippen LogP contribution in [0.1, 0.15) is 6.92 Å². The van der Waals surface area contributed by atoms with Crippen LogP contribution in [0.5, 0.6) is 0 Å². The van der Waals surface area contributed by atoms with Gasteiger partial charge in [-0.3, -0.25) is 0 Å². The van der Waals surface area contributed by atoms with E-state index in [9.17, 15) is 13.0 Å². The molecule has 42 valence electrons. The van der Waals surface area contributed by atoms with Gasteiger partial charge in [0.05, 0.1) is 0 Å². The average Bonchev–Trinajstić information content (AvgIpc) is 1.30. The Morgan fingerprint density at radius 1 is 1.50 bits per heavy atom. The standard InChI is InChI=1S/C3H6O3S.K/c1-2-3-7(4,5)6;/h2-3H,1H3,(H,4,5,6);/q;+1/p-1/b3-2+;. The van der Waals surface area contributed by atoms with Crippen LogP contribution in [0, 0.1) is 0 Å². The molecule has 8 heavy (non-hydrogen) atoms. The molecule has 0 amide bonds. The Morgan fingerprint density at radius 2 is 1.88 bits per heavy atom.